The lowest BCUT2D eigenvalue weighted by Gasteiger charge is -2.21. The Balaban J connectivity index is 1.25. The molecule has 4 rings (SSSR count). The molecule has 0 spiro atoms. The van der Waals surface area contributed by atoms with Gasteiger partial charge in [0.05, 0.1) is 19.2 Å². The maximum absolute atomic E-state index is 12.1. The molecule has 172 valence electrons. The maximum Gasteiger partial charge on any atom is 0.317 e. The molecule has 2 atom stereocenters. The van der Waals surface area contributed by atoms with Gasteiger partial charge >= 0.3 is 6.03 Å². The summed E-state index contributed by atoms with van der Waals surface area (Å²) in [4.78, 5) is 16.1. The summed E-state index contributed by atoms with van der Waals surface area (Å²) < 4.78 is 12.1. The van der Waals surface area contributed by atoms with Gasteiger partial charge in [0, 0.05) is 32.2 Å². The maximum atomic E-state index is 12.1. The lowest BCUT2D eigenvalue weighted by Crippen LogP contribution is -2.38. The molecule has 1 saturated carbocycles. The van der Waals surface area contributed by atoms with E-state index in [-0.39, 0.29) is 18.2 Å². The smallest absolute Gasteiger partial charge is 0.317 e. The van der Waals surface area contributed by atoms with Crippen LogP contribution in [0.5, 0.6) is 11.5 Å². The van der Waals surface area contributed by atoms with Gasteiger partial charge in [0.2, 0.25) is 0 Å². The fraction of sp³-hybridized carbons (Fsp3) is 0.500. The third kappa shape index (κ3) is 5.87. The van der Waals surface area contributed by atoms with Gasteiger partial charge < -0.3 is 24.6 Å². The molecule has 1 unspecified atom stereocenters. The van der Waals surface area contributed by atoms with Crippen molar-refractivity contribution in [2.24, 2.45) is 5.92 Å². The van der Waals surface area contributed by atoms with Gasteiger partial charge in [-0.1, -0.05) is 12.1 Å². The van der Waals surface area contributed by atoms with Crippen LogP contribution in [0.3, 0.4) is 0 Å². The fourth-order valence-electron chi connectivity index (χ4n) is 3.86. The second kappa shape index (κ2) is 10.2. The summed E-state index contributed by atoms with van der Waals surface area (Å²) >= 11 is 0. The molecule has 6 nitrogen and oxygen atoms in total. The van der Waals surface area contributed by atoms with Crippen LogP contribution in [0, 0.1) is 5.92 Å². The Morgan fingerprint density at radius 3 is 2.44 bits per heavy atom. The number of amides is 2. The molecule has 0 radical (unpaired) electrons. The average Bonchev–Trinajstić information content (AvgIpc) is 3.54. The predicted molar refractivity (Wildman–Crippen MR) is 128 cm³/mol. The molecule has 6 heteroatoms. The van der Waals surface area contributed by atoms with E-state index < -0.39 is 0 Å². The van der Waals surface area contributed by atoms with Crippen LogP contribution in [0.2, 0.25) is 0 Å². The van der Waals surface area contributed by atoms with Crippen molar-refractivity contribution in [3.63, 3.8) is 0 Å². The minimum Gasteiger partial charge on any atom is -0.493 e. The molecule has 0 aromatic heterocycles. The fourth-order valence-corrected chi connectivity index (χ4v) is 3.86. The number of benzene rings is 2. The van der Waals surface area contributed by atoms with Gasteiger partial charge in [0.15, 0.2) is 0 Å². The first-order valence-corrected chi connectivity index (χ1v) is 11.8. The molecule has 2 fully saturated rings. The third-order valence-corrected chi connectivity index (χ3v) is 6.37. The number of ether oxygens (including phenoxy) is 2. The molecule has 2 aromatic carbocycles. The largest absolute Gasteiger partial charge is 0.493 e. The molecule has 2 aromatic rings. The molecular formula is C26H35N3O3. The van der Waals surface area contributed by atoms with Crippen LogP contribution in [-0.2, 0) is 0 Å². The minimum absolute atomic E-state index is 0.0521. The van der Waals surface area contributed by atoms with Gasteiger partial charge in [0.1, 0.15) is 17.6 Å². The molecule has 2 amide bonds. The summed E-state index contributed by atoms with van der Waals surface area (Å²) in [6, 6.07) is 16.4. The van der Waals surface area contributed by atoms with Crippen LogP contribution < -0.4 is 19.7 Å². The number of anilines is 1. The molecule has 1 heterocycles. The summed E-state index contributed by atoms with van der Waals surface area (Å²) in [5.74, 6) is 2.60. The van der Waals surface area contributed by atoms with Gasteiger partial charge in [-0.2, -0.15) is 0 Å². The van der Waals surface area contributed by atoms with Crippen LogP contribution in [0.1, 0.15) is 44.7 Å². The van der Waals surface area contributed by atoms with Crippen molar-refractivity contribution in [2.45, 2.75) is 45.3 Å². The van der Waals surface area contributed by atoms with Gasteiger partial charge in [-0.3, -0.25) is 0 Å². The van der Waals surface area contributed by atoms with E-state index in [0.717, 1.165) is 49.1 Å². The number of hydrogen-bond donors (Lipinski definition) is 1. The van der Waals surface area contributed by atoms with Gasteiger partial charge in [-0.05, 0) is 74.6 Å². The topological polar surface area (TPSA) is 54.0 Å². The first-order valence-electron chi connectivity index (χ1n) is 11.8. The molecule has 1 N–H and O–H groups in total. The van der Waals surface area contributed by atoms with Crippen LogP contribution in [-0.4, -0.2) is 50.3 Å². The highest BCUT2D eigenvalue weighted by molar-refractivity contribution is 5.74. The van der Waals surface area contributed by atoms with Gasteiger partial charge in [0.25, 0.3) is 0 Å². The second-order valence-electron chi connectivity index (χ2n) is 8.98. The van der Waals surface area contributed by atoms with Crippen molar-refractivity contribution in [3.05, 3.63) is 54.1 Å². The third-order valence-electron chi connectivity index (χ3n) is 6.37. The van der Waals surface area contributed by atoms with E-state index in [1.54, 1.807) is 11.9 Å². The van der Waals surface area contributed by atoms with Crippen molar-refractivity contribution in [3.8, 4) is 11.5 Å². The summed E-state index contributed by atoms with van der Waals surface area (Å²) in [6.45, 7) is 7.34. The molecule has 32 heavy (non-hydrogen) atoms. The van der Waals surface area contributed by atoms with E-state index in [4.69, 9.17) is 9.47 Å². The Hall–Kier alpha value is -2.89. The Morgan fingerprint density at radius 1 is 1.09 bits per heavy atom. The summed E-state index contributed by atoms with van der Waals surface area (Å²) in [6.07, 6.45) is 3.78. The Morgan fingerprint density at radius 2 is 1.78 bits per heavy atom. The van der Waals surface area contributed by atoms with E-state index in [1.807, 2.05) is 38.1 Å². The van der Waals surface area contributed by atoms with E-state index in [9.17, 15) is 4.79 Å². The Bertz CT molecular complexity index is 880. The first kappa shape index (κ1) is 22.3. The quantitative estimate of drug-likeness (QED) is 0.609. The SMILES string of the molecule is CCN(C)C(=O)N[C@@H](C)c1ccc(OC2CCN(c3ccc(OCC4CC4)cc3)C2)cc1. The van der Waals surface area contributed by atoms with E-state index in [2.05, 4.69) is 34.5 Å². The number of nitrogens with one attached hydrogen (secondary N) is 1. The molecule has 0 bridgehead atoms. The monoisotopic (exact) mass is 437 g/mol. The lowest BCUT2D eigenvalue weighted by molar-refractivity contribution is 0.207. The van der Waals surface area contributed by atoms with Crippen LogP contribution in [0.4, 0.5) is 10.5 Å². The molecule has 1 aliphatic carbocycles. The number of carbonyl (C=O) groups excluding carboxylic acids is 1. The number of nitrogens with zero attached hydrogens (tertiary/aromatic N) is 2. The highest BCUT2D eigenvalue weighted by atomic mass is 16.5. The number of carbonyl (C=O) groups is 1. The number of rotatable bonds is 9. The molecular weight excluding hydrogens is 402 g/mol. The van der Waals surface area contributed by atoms with E-state index >= 15 is 0 Å². The molecule has 2 aliphatic rings. The molecule has 1 saturated heterocycles. The van der Waals surface area contributed by atoms with Crippen LogP contribution in [0.15, 0.2) is 48.5 Å². The van der Waals surface area contributed by atoms with Crippen molar-refractivity contribution in [1.82, 2.24) is 10.2 Å². The second-order valence-corrected chi connectivity index (χ2v) is 8.98. The van der Waals surface area contributed by atoms with Crippen molar-refractivity contribution < 1.29 is 14.3 Å². The van der Waals surface area contributed by atoms with Crippen molar-refractivity contribution >= 4 is 11.7 Å². The summed E-state index contributed by atoms with van der Waals surface area (Å²) in [7, 11) is 1.79. The summed E-state index contributed by atoms with van der Waals surface area (Å²) in [5.41, 5.74) is 2.28. The Kier molecular flexibility index (Phi) is 7.08. The van der Waals surface area contributed by atoms with Gasteiger partial charge in [-0.15, -0.1) is 0 Å². The Labute approximate surface area is 191 Å². The van der Waals surface area contributed by atoms with Crippen molar-refractivity contribution in [2.75, 3.05) is 38.2 Å². The van der Waals surface area contributed by atoms with Gasteiger partial charge in [-0.25, -0.2) is 4.79 Å². The zero-order valence-electron chi connectivity index (χ0n) is 19.4. The average molecular weight is 438 g/mol. The zero-order chi connectivity index (χ0) is 22.5. The zero-order valence-corrected chi connectivity index (χ0v) is 19.4. The van der Waals surface area contributed by atoms with Crippen molar-refractivity contribution in [1.29, 1.82) is 0 Å². The van der Waals surface area contributed by atoms with E-state index in [1.165, 1.54) is 18.5 Å². The highest BCUT2D eigenvalue weighted by Crippen LogP contribution is 2.30. The van der Waals surface area contributed by atoms with Crippen LogP contribution in [0.25, 0.3) is 0 Å². The predicted octanol–water partition coefficient (Wildman–Crippen LogP) is 4.86. The first-order chi connectivity index (χ1) is 15.5. The lowest BCUT2D eigenvalue weighted by atomic mass is 10.1. The standard InChI is InChI=1S/C26H35N3O3/c1-4-28(3)26(30)27-19(2)21-7-11-24(12-8-21)32-25-15-16-29(17-25)22-9-13-23(14-10-22)31-18-20-5-6-20/h7-14,19-20,25H,4-6,15-18H2,1-3H3,(H,27,30)/t19-,25?/m0/s1. The highest BCUT2D eigenvalue weighted by Gasteiger charge is 2.25. The minimum atomic E-state index is -0.0612. The van der Waals surface area contributed by atoms with Crippen LogP contribution >= 0.6 is 0 Å². The number of hydrogen-bond acceptors (Lipinski definition) is 4. The number of urea groups is 1. The summed E-state index contributed by atoms with van der Waals surface area (Å²) in [5, 5.41) is 3.01. The van der Waals surface area contributed by atoms with E-state index in [0.29, 0.717) is 6.54 Å². The molecule has 1 aliphatic heterocycles. The normalized spacial score (nSPS) is 18.8.